The minimum atomic E-state index is -1.79. The van der Waals surface area contributed by atoms with Crippen molar-refractivity contribution < 1.29 is 49.3 Å². The molecule has 5 N–H and O–H groups in total. The van der Waals surface area contributed by atoms with Gasteiger partial charge in [-0.1, -0.05) is 39.0 Å². The zero-order chi connectivity index (χ0) is 36.3. The van der Waals surface area contributed by atoms with Crippen LogP contribution in [0.2, 0.25) is 0 Å². The summed E-state index contributed by atoms with van der Waals surface area (Å²) in [5.74, 6) is -3.20. The first kappa shape index (κ1) is 40.3. The van der Waals surface area contributed by atoms with Gasteiger partial charge in [0, 0.05) is 31.1 Å². The smallest absolute Gasteiger partial charge is 0.311 e. The van der Waals surface area contributed by atoms with Gasteiger partial charge in [0.05, 0.1) is 35.9 Å². The minimum Gasteiger partial charge on any atom is -0.459 e. The number of carbonyl (C=O) groups is 2. The molecule has 0 spiro atoms. The average Bonchev–Trinajstić information content (AvgIpc) is 3.04. The van der Waals surface area contributed by atoms with Gasteiger partial charge < -0.3 is 49.5 Å². The molecule has 12 heteroatoms. The highest BCUT2D eigenvalue weighted by molar-refractivity contribution is 5.94. The molecule has 3 rings (SSSR count). The summed E-state index contributed by atoms with van der Waals surface area (Å²) in [6, 6.07) is 7.54. The highest BCUT2D eigenvalue weighted by Gasteiger charge is 2.50. The van der Waals surface area contributed by atoms with Crippen molar-refractivity contribution in [2.45, 2.75) is 141 Å². The number of aliphatic hydroxyl groups is 5. The van der Waals surface area contributed by atoms with Gasteiger partial charge in [0.2, 0.25) is 0 Å². The second-order valence-electron chi connectivity index (χ2n) is 14.9. The number of benzene rings is 1. The largest absolute Gasteiger partial charge is 0.459 e. The first-order chi connectivity index (χ1) is 22.2. The van der Waals surface area contributed by atoms with Crippen molar-refractivity contribution in [1.29, 1.82) is 0 Å². The second kappa shape index (κ2) is 16.2. The first-order valence-corrected chi connectivity index (χ1v) is 17.3. The Kier molecular flexibility index (Phi) is 13.6. The maximum absolute atomic E-state index is 13.4. The molecule has 0 aliphatic carbocycles. The Hall–Kier alpha value is -2.16. The Bertz CT molecular complexity index is 1200. The fraction of sp³-hybridized carbons (Fsp3) is 0.778. The van der Waals surface area contributed by atoms with Crippen LogP contribution in [0.1, 0.15) is 85.0 Å². The third kappa shape index (κ3) is 8.95. The van der Waals surface area contributed by atoms with Crippen molar-refractivity contribution in [3.05, 3.63) is 35.9 Å². The van der Waals surface area contributed by atoms with Crippen molar-refractivity contribution >= 4 is 11.9 Å². The molecule has 0 aromatic heterocycles. The van der Waals surface area contributed by atoms with E-state index < -0.39 is 84.0 Å². The zero-order valence-electron chi connectivity index (χ0n) is 30.3. The van der Waals surface area contributed by atoms with Gasteiger partial charge in [-0.25, -0.2) is 0 Å². The van der Waals surface area contributed by atoms with Crippen molar-refractivity contribution in [1.82, 2.24) is 9.80 Å². The summed E-state index contributed by atoms with van der Waals surface area (Å²) < 4.78 is 18.3. The molecular formula is C36H60N2O10. The molecule has 0 radical (unpaired) electrons. The summed E-state index contributed by atoms with van der Waals surface area (Å²) in [6.07, 6.45) is -7.09. The molecule has 2 saturated heterocycles. The zero-order valence-corrected chi connectivity index (χ0v) is 30.3. The molecule has 0 bridgehead atoms. The second-order valence-corrected chi connectivity index (χ2v) is 14.9. The van der Waals surface area contributed by atoms with Gasteiger partial charge >= 0.3 is 5.97 Å². The maximum Gasteiger partial charge on any atom is 0.311 e. The minimum absolute atomic E-state index is 0.166. The van der Waals surface area contributed by atoms with Gasteiger partial charge in [0.25, 0.3) is 5.91 Å². The lowest BCUT2D eigenvalue weighted by Gasteiger charge is -2.47. The summed E-state index contributed by atoms with van der Waals surface area (Å²) >= 11 is 0. The number of cyclic esters (lactones) is 1. The summed E-state index contributed by atoms with van der Waals surface area (Å²) in [5.41, 5.74) is -2.92. The van der Waals surface area contributed by atoms with E-state index in [-0.39, 0.29) is 24.7 Å². The van der Waals surface area contributed by atoms with Crippen LogP contribution >= 0.6 is 0 Å². The monoisotopic (exact) mass is 680 g/mol. The molecule has 14 atom stereocenters. The quantitative estimate of drug-likeness (QED) is 0.289. The molecule has 1 aromatic carbocycles. The van der Waals surface area contributed by atoms with Crippen LogP contribution in [0.3, 0.4) is 0 Å². The van der Waals surface area contributed by atoms with E-state index in [1.165, 1.54) is 18.7 Å². The lowest BCUT2D eigenvalue weighted by atomic mass is 9.78. The topological polar surface area (TPSA) is 169 Å². The Morgan fingerprint density at radius 2 is 1.65 bits per heavy atom. The molecule has 1 amide bonds. The van der Waals surface area contributed by atoms with E-state index in [1.54, 1.807) is 59.0 Å². The molecule has 2 fully saturated rings. The standard InChI is InChI=1S/C36H60N2O10/c1-11-27-36(8,45)30(41)24(6)37(9)19-20(2)18-35(7,44)31(22(4)28(39)23(5)33(43)47-27)48-34-29(40)26(17-21(3)46-34)38(10)32(42)25-15-13-12-14-16-25/h12-16,20-24,26-31,34,39-41,44-45H,11,17-19H2,1-10H3/t20-,21-,22+,23-,24-,26+,27?,28+,29-,30-,31-,34+,35-,36-/m1/s1. The normalized spacial score (nSPS) is 42.7. The predicted molar refractivity (Wildman–Crippen MR) is 180 cm³/mol. The van der Waals surface area contributed by atoms with E-state index >= 15 is 0 Å². The molecule has 2 aliphatic heterocycles. The molecule has 12 nitrogen and oxygen atoms in total. The Morgan fingerprint density at radius 1 is 1.04 bits per heavy atom. The molecule has 274 valence electrons. The van der Waals surface area contributed by atoms with Gasteiger partial charge in [-0.2, -0.15) is 0 Å². The Labute approximate surface area is 286 Å². The van der Waals surface area contributed by atoms with Crippen molar-refractivity contribution in [2.75, 3.05) is 20.6 Å². The van der Waals surface area contributed by atoms with Crippen molar-refractivity contribution in [3.63, 3.8) is 0 Å². The van der Waals surface area contributed by atoms with E-state index in [2.05, 4.69) is 0 Å². The highest BCUT2D eigenvalue weighted by Crippen LogP contribution is 2.37. The van der Waals surface area contributed by atoms with Gasteiger partial charge in [-0.15, -0.1) is 0 Å². The van der Waals surface area contributed by atoms with Crippen LogP contribution in [0, 0.1) is 17.8 Å². The Balaban J connectivity index is 1.98. The van der Waals surface area contributed by atoms with Crippen LogP contribution in [0.5, 0.6) is 0 Å². The number of carbonyl (C=O) groups excluding carboxylic acids is 2. The number of ether oxygens (including phenoxy) is 3. The number of likely N-dealkylation sites (N-methyl/N-ethyl adjacent to an activating group) is 2. The molecule has 1 aromatic rings. The number of aliphatic hydroxyl groups excluding tert-OH is 3. The van der Waals surface area contributed by atoms with Gasteiger partial charge in [-0.3, -0.25) is 9.59 Å². The number of hydrogen-bond donors (Lipinski definition) is 5. The average molecular weight is 681 g/mol. The fourth-order valence-electron chi connectivity index (χ4n) is 7.54. The number of amides is 1. The molecule has 1 unspecified atom stereocenters. The highest BCUT2D eigenvalue weighted by atomic mass is 16.7. The van der Waals surface area contributed by atoms with Crippen LogP contribution in [-0.4, -0.2) is 134 Å². The molecule has 0 saturated carbocycles. The van der Waals surface area contributed by atoms with E-state index in [0.717, 1.165) is 0 Å². The number of rotatable bonds is 5. The summed E-state index contributed by atoms with van der Waals surface area (Å²) in [5, 5.41) is 58.0. The van der Waals surface area contributed by atoms with Crippen LogP contribution in [0.25, 0.3) is 0 Å². The van der Waals surface area contributed by atoms with E-state index in [4.69, 9.17) is 14.2 Å². The third-order valence-corrected chi connectivity index (χ3v) is 10.6. The van der Waals surface area contributed by atoms with E-state index in [0.29, 0.717) is 18.5 Å². The van der Waals surface area contributed by atoms with E-state index in [1.807, 2.05) is 31.9 Å². The van der Waals surface area contributed by atoms with Crippen molar-refractivity contribution in [3.8, 4) is 0 Å². The van der Waals surface area contributed by atoms with Crippen LogP contribution in [-0.2, 0) is 19.0 Å². The molecule has 48 heavy (non-hydrogen) atoms. The Morgan fingerprint density at radius 3 is 2.23 bits per heavy atom. The lowest BCUT2D eigenvalue weighted by Crippen LogP contribution is -2.60. The first-order valence-electron chi connectivity index (χ1n) is 17.3. The van der Waals surface area contributed by atoms with Crippen LogP contribution in [0.15, 0.2) is 30.3 Å². The summed E-state index contributed by atoms with van der Waals surface area (Å²) in [6.45, 7) is 13.9. The predicted octanol–water partition coefficient (Wildman–Crippen LogP) is 2.19. The number of nitrogens with zero attached hydrogens (tertiary/aromatic N) is 2. The fourth-order valence-corrected chi connectivity index (χ4v) is 7.54. The third-order valence-electron chi connectivity index (χ3n) is 10.6. The van der Waals surface area contributed by atoms with Crippen molar-refractivity contribution in [2.24, 2.45) is 17.8 Å². The summed E-state index contributed by atoms with van der Waals surface area (Å²) in [7, 11) is 3.43. The van der Waals surface area contributed by atoms with E-state index in [9.17, 15) is 35.1 Å². The molecule has 2 heterocycles. The summed E-state index contributed by atoms with van der Waals surface area (Å²) in [4.78, 5) is 30.1. The number of hydrogen-bond acceptors (Lipinski definition) is 11. The maximum atomic E-state index is 13.4. The van der Waals surface area contributed by atoms with Crippen LogP contribution < -0.4 is 0 Å². The SMILES string of the molecule is CCC1OC(=O)[C@H](C)[C@@H](O)[C@H](C)[C@@H](O[C@@H]2O[C@H](C)C[C@H](N(C)C(=O)c3ccccc3)[C@H]2O)[C@](C)(O)C[C@@H](C)CN(C)[C@H](C)[C@@H](O)[C@]1(C)O. The van der Waals surface area contributed by atoms with Crippen LogP contribution in [0.4, 0.5) is 0 Å². The number of esters is 1. The van der Waals surface area contributed by atoms with Gasteiger partial charge in [0.1, 0.15) is 23.9 Å². The molecular weight excluding hydrogens is 620 g/mol. The van der Waals surface area contributed by atoms with Gasteiger partial charge in [0.15, 0.2) is 6.29 Å². The van der Waals surface area contributed by atoms with Gasteiger partial charge in [-0.05, 0) is 79.0 Å². The lowest BCUT2D eigenvalue weighted by molar-refractivity contribution is -0.298. The molecule has 2 aliphatic rings.